The van der Waals surface area contributed by atoms with E-state index in [1.165, 1.54) is 0 Å². The minimum absolute atomic E-state index is 0.248. The highest BCUT2D eigenvalue weighted by atomic mass is 35.5. The number of ether oxygens (including phenoxy) is 1. The van der Waals surface area contributed by atoms with Gasteiger partial charge in [-0.05, 0) is 39.0 Å². The molecule has 0 amide bonds. The summed E-state index contributed by atoms with van der Waals surface area (Å²) in [4.78, 5) is 12.0. The predicted octanol–water partition coefficient (Wildman–Crippen LogP) is 3.59. The molecule has 0 aliphatic heterocycles. The molecule has 2 rings (SSSR count). The first-order chi connectivity index (χ1) is 8.48. The third-order valence-corrected chi connectivity index (χ3v) is 3.39. The number of esters is 1. The number of aromatic nitrogens is 1. The molecule has 18 heavy (non-hydrogen) atoms. The van der Waals surface area contributed by atoms with Gasteiger partial charge in [-0.25, -0.2) is 4.79 Å². The molecule has 0 unspecified atom stereocenters. The molecule has 0 bridgehead atoms. The standard InChI is InChI=1S/C14H16ClNO2/c1-4-18-13(17)14(2,3)16-9-8-10-11(15)6-5-7-12(10)16/h5-9H,4H2,1-3H3. The van der Waals surface area contributed by atoms with Crippen molar-refractivity contribution in [2.24, 2.45) is 0 Å². The average molecular weight is 266 g/mol. The van der Waals surface area contributed by atoms with Crippen molar-refractivity contribution in [2.45, 2.75) is 26.3 Å². The van der Waals surface area contributed by atoms with Crippen LogP contribution in [0.4, 0.5) is 0 Å². The summed E-state index contributed by atoms with van der Waals surface area (Å²) in [6, 6.07) is 7.58. The van der Waals surface area contributed by atoms with Crippen LogP contribution in [0.1, 0.15) is 20.8 Å². The first-order valence-corrected chi connectivity index (χ1v) is 6.29. The van der Waals surface area contributed by atoms with E-state index in [-0.39, 0.29) is 5.97 Å². The second kappa shape index (κ2) is 4.65. The maximum Gasteiger partial charge on any atom is 0.331 e. The average Bonchev–Trinajstić information content (AvgIpc) is 2.75. The van der Waals surface area contributed by atoms with Crippen molar-refractivity contribution in [3.05, 3.63) is 35.5 Å². The number of fused-ring (bicyclic) bond motifs is 1. The largest absolute Gasteiger partial charge is 0.464 e. The van der Waals surface area contributed by atoms with Gasteiger partial charge in [0.05, 0.1) is 12.1 Å². The number of benzene rings is 1. The molecule has 1 aromatic heterocycles. The zero-order valence-electron chi connectivity index (χ0n) is 10.7. The Bertz CT molecular complexity index is 586. The summed E-state index contributed by atoms with van der Waals surface area (Å²) in [5, 5.41) is 1.63. The number of carbonyl (C=O) groups excluding carboxylic acids is 1. The van der Waals surface area contributed by atoms with Gasteiger partial charge in [0, 0.05) is 16.6 Å². The van der Waals surface area contributed by atoms with Gasteiger partial charge in [0.25, 0.3) is 0 Å². The molecule has 0 radical (unpaired) electrons. The van der Waals surface area contributed by atoms with E-state index in [1.807, 2.05) is 48.9 Å². The summed E-state index contributed by atoms with van der Waals surface area (Å²) in [6.45, 7) is 5.86. The molecule has 0 aliphatic rings. The summed E-state index contributed by atoms with van der Waals surface area (Å²) >= 11 is 6.13. The number of hydrogen-bond donors (Lipinski definition) is 0. The summed E-state index contributed by atoms with van der Waals surface area (Å²) < 4.78 is 7.01. The van der Waals surface area contributed by atoms with E-state index in [9.17, 15) is 4.79 Å². The molecule has 2 aromatic rings. The molecule has 0 N–H and O–H groups in total. The van der Waals surface area contributed by atoms with Gasteiger partial charge in [-0.15, -0.1) is 0 Å². The number of halogens is 1. The van der Waals surface area contributed by atoms with Crippen molar-refractivity contribution in [3.63, 3.8) is 0 Å². The minimum atomic E-state index is -0.748. The van der Waals surface area contributed by atoms with Gasteiger partial charge < -0.3 is 9.30 Å². The Morgan fingerprint density at radius 3 is 2.78 bits per heavy atom. The van der Waals surface area contributed by atoms with Crippen molar-refractivity contribution in [1.29, 1.82) is 0 Å². The smallest absolute Gasteiger partial charge is 0.331 e. The normalized spacial score (nSPS) is 11.8. The van der Waals surface area contributed by atoms with Gasteiger partial charge in [-0.3, -0.25) is 0 Å². The fraction of sp³-hybridized carbons (Fsp3) is 0.357. The van der Waals surface area contributed by atoms with E-state index >= 15 is 0 Å². The lowest BCUT2D eigenvalue weighted by atomic mass is 10.1. The Labute approximate surface area is 111 Å². The maximum absolute atomic E-state index is 12.0. The molecule has 0 aliphatic carbocycles. The Hall–Kier alpha value is -1.48. The molecule has 0 spiro atoms. The number of rotatable bonds is 3. The predicted molar refractivity (Wildman–Crippen MR) is 72.9 cm³/mol. The van der Waals surface area contributed by atoms with Gasteiger partial charge in [0.1, 0.15) is 5.54 Å². The highest BCUT2D eigenvalue weighted by Crippen LogP contribution is 2.29. The zero-order chi connectivity index (χ0) is 13.3. The Morgan fingerprint density at radius 1 is 1.39 bits per heavy atom. The van der Waals surface area contributed by atoms with Gasteiger partial charge in [-0.2, -0.15) is 0 Å². The second-order valence-electron chi connectivity index (χ2n) is 4.64. The van der Waals surface area contributed by atoms with Gasteiger partial charge in [0.15, 0.2) is 0 Å². The van der Waals surface area contributed by atoms with E-state index in [0.29, 0.717) is 11.6 Å². The van der Waals surface area contributed by atoms with Crippen molar-refractivity contribution in [3.8, 4) is 0 Å². The Kier molecular flexibility index (Phi) is 3.35. The van der Waals surface area contributed by atoms with Crippen molar-refractivity contribution < 1.29 is 9.53 Å². The van der Waals surface area contributed by atoms with Crippen molar-refractivity contribution >= 4 is 28.5 Å². The van der Waals surface area contributed by atoms with Crippen LogP contribution < -0.4 is 0 Å². The van der Waals surface area contributed by atoms with Gasteiger partial charge in [0.2, 0.25) is 0 Å². The van der Waals surface area contributed by atoms with Crippen LogP contribution in [-0.2, 0) is 15.1 Å². The maximum atomic E-state index is 12.0. The second-order valence-corrected chi connectivity index (χ2v) is 5.05. The highest BCUT2D eigenvalue weighted by Gasteiger charge is 2.32. The molecule has 4 heteroatoms. The topological polar surface area (TPSA) is 31.2 Å². The van der Waals surface area contributed by atoms with Crippen LogP contribution in [0.3, 0.4) is 0 Å². The summed E-state index contributed by atoms with van der Waals surface area (Å²) in [5.74, 6) is -0.248. The fourth-order valence-electron chi connectivity index (χ4n) is 2.02. The lowest BCUT2D eigenvalue weighted by Gasteiger charge is -2.25. The third kappa shape index (κ3) is 1.99. The van der Waals surface area contributed by atoms with Crippen LogP contribution in [0.2, 0.25) is 5.02 Å². The highest BCUT2D eigenvalue weighted by molar-refractivity contribution is 6.35. The molecule has 0 fully saturated rings. The van der Waals surface area contributed by atoms with E-state index in [4.69, 9.17) is 16.3 Å². The lowest BCUT2D eigenvalue weighted by molar-refractivity contribution is -0.151. The molecule has 1 aromatic carbocycles. The third-order valence-electron chi connectivity index (χ3n) is 3.06. The first-order valence-electron chi connectivity index (χ1n) is 5.91. The first kappa shape index (κ1) is 13.0. The van der Waals surface area contributed by atoms with E-state index in [2.05, 4.69) is 0 Å². The Morgan fingerprint density at radius 2 is 2.11 bits per heavy atom. The Balaban J connectivity index is 2.54. The molecule has 0 saturated carbocycles. The molecular formula is C14H16ClNO2. The summed E-state index contributed by atoms with van der Waals surface area (Å²) in [7, 11) is 0. The zero-order valence-corrected chi connectivity index (χ0v) is 11.5. The van der Waals surface area contributed by atoms with E-state index in [0.717, 1.165) is 10.9 Å². The molecule has 0 atom stereocenters. The molecule has 1 heterocycles. The van der Waals surface area contributed by atoms with Crippen molar-refractivity contribution in [2.75, 3.05) is 6.61 Å². The van der Waals surface area contributed by atoms with E-state index < -0.39 is 5.54 Å². The van der Waals surface area contributed by atoms with Crippen LogP contribution in [-0.4, -0.2) is 17.1 Å². The monoisotopic (exact) mass is 265 g/mol. The molecular weight excluding hydrogens is 250 g/mol. The van der Waals surface area contributed by atoms with Crippen LogP contribution in [0.15, 0.2) is 30.5 Å². The SMILES string of the molecule is CCOC(=O)C(C)(C)n1ccc2c(Cl)cccc21. The van der Waals surface area contributed by atoms with Gasteiger partial charge in [-0.1, -0.05) is 17.7 Å². The number of carbonyl (C=O) groups is 1. The molecule has 0 saturated heterocycles. The van der Waals surface area contributed by atoms with Crippen LogP contribution in [0, 0.1) is 0 Å². The van der Waals surface area contributed by atoms with Gasteiger partial charge >= 0.3 is 5.97 Å². The summed E-state index contributed by atoms with van der Waals surface area (Å²) in [5.41, 5.74) is 0.183. The lowest BCUT2D eigenvalue weighted by Crippen LogP contribution is -2.36. The number of nitrogens with zero attached hydrogens (tertiary/aromatic N) is 1. The minimum Gasteiger partial charge on any atom is -0.464 e. The molecule has 3 nitrogen and oxygen atoms in total. The summed E-state index contributed by atoms with van der Waals surface area (Å²) in [6.07, 6.45) is 1.87. The molecule has 96 valence electrons. The fourth-order valence-corrected chi connectivity index (χ4v) is 2.26. The van der Waals surface area contributed by atoms with Crippen molar-refractivity contribution in [1.82, 2.24) is 4.57 Å². The van der Waals surface area contributed by atoms with Crippen LogP contribution in [0.25, 0.3) is 10.9 Å². The van der Waals surface area contributed by atoms with Crippen LogP contribution in [0.5, 0.6) is 0 Å². The van der Waals surface area contributed by atoms with E-state index in [1.54, 1.807) is 6.92 Å². The number of hydrogen-bond acceptors (Lipinski definition) is 2. The quantitative estimate of drug-likeness (QED) is 0.794. The van der Waals surface area contributed by atoms with Crippen LogP contribution >= 0.6 is 11.6 Å².